The maximum absolute atomic E-state index is 10.7. The van der Waals surface area contributed by atoms with Crippen LogP contribution in [0.15, 0.2) is 29.8 Å². The number of benzene rings is 1. The fourth-order valence-corrected chi connectivity index (χ4v) is 1.35. The first kappa shape index (κ1) is 12.2. The van der Waals surface area contributed by atoms with Crippen molar-refractivity contribution in [2.75, 3.05) is 11.9 Å². The van der Waals surface area contributed by atoms with Crippen molar-refractivity contribution in [2.24, 2.45) is 0 Å². The molecule has 3 nitrogen and oxygen atoms in total. The summed E-state index contributed by atoms with van der Waals surface area (Å²) in [7, 11) is -1.00. The third-order valence-electron chi connectivity index (χ3n) is 2.03. The topological polar surface area (TPSA) is 49.3 Å². The molecule has 1 aliphatic rings. The molecule has 6 heteroatoms. The molecule has 1 aromatic rings. The SMILES string of the molecule is F[B]F.O=C(O)C1=Cc2ccccc2NC1. The van der Waals surface area contributed by atoms with Gasteiger partial charge in [0.05, 0.1) is 5.57 Å². The summed E-state index contributed by atoms with van der Waals surface area (Å²) in [5, 5.41) is 11.8. The first-order valence-corrected chi connectivity index (χ1v) is 4.48. The second-order valence-corrected chi connectivity index (χ2v) is 3.00. The molecule has 16 heavy (non-hydrogen) atoms. The monoisotopic (exact) mass is 224 g/mol. The molecule has 0 amide bonds. The number of rotatable bonds is 1. The first-order valence-electron chi connectivity index (χ1n) is 4.48. The summed E-state index contributed by atoms with van der Waals surface area (Å²) < 4.78 is 19.0. The maximum Gasteiger partial charge on any atom is 0.577 e. The zero-order valence-corrected chi connectivity index (χ0v) is 8.28. The van der Waals surface area contributed by atoms with Crippen molar-refractivity contribution < 1.29 is 18.5 Å². The van der Waals surface area contributed by atoms with E-state index in [0.29, 0.717) is 12.1 Å². The second kappa shape index (κ2) is 5.90. The molecule has 1 radical (unpaired) electrons. The van der Waals surface area contributed by atoms with Crippen molar-refractivity contribution in [1.29, 1.82) is 0 Å². The van der Waals surface area contributed by atoms with Crippen LogP contribution in [0, 0.1) is 0 Å². The van der Waals surface area contributed by atoms with Gasteiger partial charge in [-0.2, -0.15) is 0 Å². The van der Waals surface area contributed by atoms with Gasteiger partial charge in [0.2, 0.25) is 0 Å². The number of carboxylic acid groups (broad SMARTS) is 1. The average molecular weight is 224 g/mol. The number of fused-ring (bicyclic) bond motifs is 1. The number of halogens is 2. The van der Waals surface area contributed by atoms with Crippen molar-refractivity contribution in [2.45, 2.75) is 0 Å². The summed E-state index contributed by atoms with van der Waals surface area (Å²) in [6.45, 7) is 0.395. The van der Waals surface area contributed by atoms with Crippen molar-refractivity contribution >= 4 is 25.6 Å². The van der Waals surface area contributed by atoms with Crippen LogP contribution >= 0.6 is 0 Å². The number of para-hydroxylation sites is 1. The van der Waals surface area contributed by atoms with E-state index in [9.17, 15) is 13.4 Å². The van der Waals surface area contributed by atoms with Crippen molar-refractivity contribution in [1.82, 2.24) is 0 Å². The number of hydrogen-bond acceptors (Lipinski definition) is 2. The normalized spacial score (nSPS) is 12.2. The summed E-state index contributed by atoms with van der Waals surface area (Å²) in [6.07, 6.45) is 1.70. The molecule has 2 rings (SSSR count). The third-order valence-corrected chi connectivity index (χ3v) is 2.03. The van der Waals surface area contributed by atoms with Crippen LogP contribution in [0.4, 0.5) is 14.3 Å². The van der Waals surface area contributed by atoms with Gasteiger partial charge in [0, 0.05) is 12.2 Å². The number of nitrogens with one attached hydrogen (secondary N) is 1. The summed E-state index contributed by atoms with van der Waals surface area (Å²) in [4.78, 5) is 10.7. The number of carboxylic acids is 1. The van der Waals surface area contributed by atoms with E-state index in [4.69, 9.17) is 5.11 Å². The highest BCUT2D eigenvalue weighted by Gasteiger charge is 2.13. The summed E-state index contributed by atoms with van der Waals surface area (Å²) >= 11 is 0. The number of hydrogen-bond donors (Lipinski definition) is 2. The Bertz CT molecular complexity index is 410. The van der Waals surface area contributed by atoms with Crippen molar-refractivity contribution in [3.8, 4) is 0 Å². The van der Waals surface area contributed by atoms with E-state index in [1.807, 2.05) is 24.3 Å². The van der Waals surface area contributed by atoms with E-state index < -0.39 is 13.8 Å². The van der Waals surface area contributed by atoms with Gasteiger partial charge in [-0.3, -0.25) is 8.63 Å². The van der Waals surface area contributed by atoms with E-state index in [1.165, 1.54) is 0 Å². The lowest BCUT2D eigenvalue weighted by molar-refractivity contribution is -0.132. The lowest BCUT2D eigenvalue weighted by Gasteiger charge is -2.15. The Morgan fingerprint density at radius 3 is 2.62 bits per heavy atom. The molecule has 2 N–H and O–H groups in total. The van der Waals surface area contributed by atoms with Gasteiger partial charge in [0.1, 0.15) is 0 Å². The number of anilines is 1. The molecular weight excluding hydrogens is 215 g/mol. The van der Waals surface area contributed by atoms with Crippen LogP contribution in [0.25, 0.3) is 6.08 Å². The Kier molecular flexibility index (Phi) is 4.51. The highest BCUT2D eigenvalue weighted by Crippen LogP contribution is 2.22. The maximum atomic E-state index is 10.7. The minimum Gasteiger partial charge on any atom is -0.478 e. The van der Waals surface area contributed by atoms with E-state index in [0.717, 1.165) is 11.3 Å². The molecule has 0 unspecified atom stereocenters. The molecule has 1 aromatic carbocycles. The van der Waals surface area contributed by atoms with Gasteiger partial charge in [-0.25, -0.2) is 4.79 Å². The predicted octanol–water partition coefficient (Wildman–Crippen LogP) is 2.04. The lowest BCUT2D eigenvalue weighted by Crippen LogP contribution is -2.16. The van der Waals surface area contributed by atoms with Gasteiger partial charge < -0.3 is 10.4 Å². The van der Waals surface area contributed by atoms with Gasteiger partial charge in [-0.15, -0.1) is 0 Å². The molecule has 0 aromatic heterocycles. The summed E-state index contributed by atoms with van der Waals surface area (Å²) in [5.41, 5.74) is 2.33. The summed E-state index contributed by atoms with van der Waals surface area (Å²) in [5.74, 6) is -0.859. The van der Waals surface area contributed by atoms with Crippen LogP contribution in [0.2, 0.25) is 0 Å². The Hall–Kier alpha value is -1.85. The molecule has 0 fully saturated rings. The smallest absolute Gasteiger partial charge is 0.478 e. The molecule has 0 spiro atoms. The average Bonchev–Trinajstić information content (AvgIpc) is 2.29. The van der Waals surface area contributed by atoms with Crippen molar-refractivity contribution in [3.63, 3.8) is 0 Å². The quantitative estimate of drug-likeness (QED) is 0.717. The number of carbonyl (C=O) groups is 1. The molecule has 0 saturated carbocycles. The van der Waals surface area contributed by atoms with Gasteiger partial charge in [0.25, 0.3) is 0 Å². The summed E-state index contributed by atoms with van der Waals surface area (Å²) in [6, 6.07) is 7.64. The third kappa shape index (κ3) is 3.08. The largest absolute Gasteiger partial charge is 0.577 e. The van der Waals surface area contributed by atoms with E-state index in [-0.39, 0.29) is 0 Å². The van der Waals surface area contributed by atoms with Gasteiger partial charge in [-0.1, -0.05) is 18.2 Å². The zero-order valence-electron chi connectivity index (χ0n) is 8.28. The van der Waals surface area contributed by atoms with Crippen LogP contribution in [0.5, 0.6) is 0 Å². The highest BCUT2D eigenvalue weighted by molar-refractivity contribution is 6.15. The van der Waals surface area contributed by atoms with Crippen LogP contribution in [-0.4, -0.2) is 25.5 Å². The molecule has 1 aliphatic heterocycles. The zero-order chi connectivity index (χ0) is 12.0. The van der Waals surface area contributed by atoms with Gasteiger partial charge >= 0.3 is 13.8 Å². The Labute approximate surface area is 92.1 Å². The van der Waals surface area contributed by atoms with Crippen LogP contribution < -0.4 is 5.32 Å². The Balaban J connectivity index is 0.000000386. The van der Waals surface area contributed by atoms with Crippen LogP contribution in [-0.2, 0) is 4.79 Å². The predicted molar refractivity (Wildman–Crippen MR) is 58.5 cm³/mol. The minimum absolute atomic E-state index is 0.395. The van der Waals surface area contributed by atoms with Gasteiger partial charge in [0.15, 0.2) is 0 Å². The van der Waals surface area contributed by atoms with Gasteiger partial charge in [-0.05, 0) is 17.7 Å². The molecule has 1 heterocycles. The Morgan fingerprint density at radius 1 is 1.38 bits per heavy atom. The molecule has 0 atom stereocenters. The van der Waals surface area contributed by atoms with E-state index in [2.05, 4.69) is 5.32 Å². The lowest BCUT2D eigenvalue weighted by atomic mass is 10.1. The second-order valence-electron chi connectivity index (χ2n) is 3.00. The highest BCUT2D eigenvalue weighted by atomic mass is 19.2. The van der Waals surface area contributed by atoms with Crippen molar-refractivity contribution in [3.05, 3.63) is 35.4 Å². The van der Waals surface area contributed by atoms with Crippen LogP contribution in [0.3, 0.4) is 0 Å². The van der Waals surface area contributed by atoms with E-state index in [1.54, 1.807) is 6.08 Å². The van der Waals surface area contributed by atoms with E-state index >= 15 is 0 Å². The standard InChI is InChI=1S/C10H9NO2.BF2/c12-10(13)8-5-7-3-1-2-4-9(7)11-6-8;2-1-3/h1-5,11H,6H2,(H,12,13);. The molecule has 83 valence electrons. The fraction of sp³-hybridized carbons (Fsp3) is 0.100. The van der Waals surface area contributed by atoms with Crippen LogP contribution in [0.1, 0.15) is 5.56 Å². The molecule has 0 bridgehead atoms. The fourth-order valence-electron chi connectivity index (χ4n) is 1.35. The molecule has 0 aliphatic carbocycles. The first-order chi connectivity index (χ1) is 7.69. The number of aliphatic carboxylic acids is 1. The molecular formula is C10H9BF2NO2. The minimum atomic E-state index is -1.00. The Morgan fingerprint density at radius 2 is 2.00 bits per heavy atom. The molecule has 0 saturated heterocycles.